The highest BCUT2D eigenvalue weighted by atomic mass is 16.3. The van der Waals surface area contributed by atoms with Gasteiger partial charge in [-0.25, -0.2) is 4.98 Å². The van der Waals surface area contributed by atoms with Gasteiger partial charge in [0.05, 0.1) is 34.3 Å². The van der Waals surface area contributed by atoms with Crippen molar-refractivity contribution in [3.05, 3.63) is 138 Å². The van der Waals surface area contributed by atoms with Gasteiger partial charge in [0.25, 0.3) is 0 Å². The fourth-order valence-corrected chi connectivity index (χ4v) is 6.39. The monoisotopic (exact) mass is 550 g/mol. The molecule has 43 heavy (non-hydrogen) atoms. The summed E-state index contributed by atoms with van der Waals surface area (Å²) < 4.78 is 1.92. The molecule has 0 radical (unpaired) electrons. The molecule has 200 valence electrons. The number of aliphatic hydroxyl groups is 1. The molecule has 0 amide bonds. The van der Waals surface area contributed by atoms with Crippen molar-refractivity contribution in [3.8, 4) is 56.9 Å². The van der Waals surface area contributed by atoms with Crippen LogP contribution in [0.1, 0.15) is 22.9 Å². The first-order chi connectivity index (χ1) is 21.2. The second kappa shape index (κ2) is 9.53. The Bertz CT molecular complexity index is 2310. The molecule has 6 aromatic carbocycles. The number of imidazole rings is 1. The van der Waals surface area contributed by atoms with E-state index in [1.807, 2.05) is 77.4 Å². The first-order valence-electron chi connectivity index (χ1n) is 14.0. The van der Waals surface area contributed by atoms with E-state index in [-0.39, 0.29) is 0 Å². The summed E-state index contributed by atoms with van der Waals surface area (Å²) in [7, 11) is 0. The number of nitrogens with zero attached hydrogens (tertiary/aromatic N) is 4. The van der Waals surface area contributed by atoms with Crippen LogP contribution in [-0.2, 0) is 0 Å². The van der Waals surface area contributed by atoms with E-state index >= 15 is 0 Å². The van der Waals surface area contributed by atoms with Gasteiger partial charge in [0, 0.05) is 27.5 Å². The number of fused-ring (bicyclic) bond motifs is 4. The van der Waals surface area contributed by atoms with E-state index in [1.165, 1.54) is 0 Å². The molecular formula is C38H22N4O. The topological polar surface area (TPSA) is 85.6 Å². The first-order valence-corrected chi connectivity index (χ1v) is 14.0. The third-order valence-electron chi connectivity index (χ3n) is 8.39. The summed E-state index contributed by atoms with van der Waals surface area (Å²) in [6.07, 6.45) is -1.01. The molecule has 1 aliphatic rings. The highest BCUT2D eigenvalue weighted by Crippen LogP contribution is 2.47. The van der Waals surface area contributed by atoms with Crippen molar-refractivity contribution in [2.75, 3.05) is 0 Å². The van der Waals surface area contributed by atoms with Crippen LogP contribution in [0.4, 0.5) is 0 Å². The van der Waals surface area contributed by atoms with Crippen LogP contribution in [0.3, 0.4) is 0 Å². The van der Waals surface area contributed by atoms with E-state index in [1.54, 1.807) is 12.1 Å². The maximum absolute atomic E-state index is 12.0. The van der Waals surface area contributed by atoms with E-state index in [4.69, 9.17) is 4.98 Å². The molecule has 0 saturated carbocycles. The van der Waals surface area contributed by atoms with Crippen LogP contribution in [0, 0.1) is 22.7 Å². The third-order valence-corrected chi connectivity index (χ3v) is 8.39. The lowest BCUT2D eigenvalue weighted by atomic mass is 9.87. The SMILES string of the molecule is N#Cc1ccc(-c2ccc3c4c(ccc(C#N)c24)-c2nc4c(-c5ccccc5)cc(-c5ccccc5)cc4n2C3O)cc1. The minimum absolute atomic E-state index is 0.521. The molecule has 5 heteroatoms. The highest BCUT2D eigenvalue weighted by Gasteiger charge is 2.31. The predicted octanol–water partition coefficient (Wildman–Crippen LogP) is 8.45. The lowest BCUT2D eigenvalue weighted by molar-refractivity contribution is 0.152. The number of nitriles is 2. The summed E-state index contributed by atoms with van der Waals surface area (Å²) in [6, 6.07) is 44.3. The fourth-order valence-electron chi connectivity index (χ4n) is 6.39. The van der Waals surface area contributed by atoms with E-state index in [9.17, 15) is 15.6 Å². The average Bonchev–Trinajstić information content (AvgIpc) is 3.47. The zero-order valence-electron chi connectivity index (χ0n) is 22.9. The number of rotatable bonds is 3. The van der Waals surface area contributed by atoms with Crippen LogP contribution in [0.15, 0.2) is 121 Å². The lowest BCUT2D eigenvalue weighted by Crippen LogP contribution is -2.16. The first kappa shape index (κ1) is 24.8. The highest BCUT2D eigenvalue weighted by molar-refractivity contribution is 6.11. The number of aliphatic hydroxyl groups excluding tert-OH is 1. The van der Waals surface area contributed by atoms with E-state index < -0.39 is 6.23 Å². The van der Waals surface area contributed by atoms with Crippen LogP contribution < -0.4 is 0 Å². The molecule has 2 heterocycles. The maximum Gasteiger partial charge on any atom is 0.159 e. The summed E-state index contributed by atoms with van der Waals surface area (Å²) in [4.78, 5) is 5.20. The number of aromatic nitrogens is 2. The fraction of sp³-hybridized carbons (Fsp3) is 0.0263. The summed E-state index contributed by atoms with van der Waals surface area (Å²) >= 11 is 0. The van der Waals surface area contributed by atoms with Gasteiger partial charge in [-0.3, -0.25) is 4.57 Å². The molecule has 1 aromatic heterocycles. The van der Waals surface area contributed by atoms with Gasteiger partial charge in [-0.15, -0.1) is 0 Å². The van der Waals surface area contributed by atoms with Gasteiger partial charge in [0.1, 0.15) is 5.82 Å². The third kappa shape index (κ3) is 3.70. The average molecular weight is 551 g/mol. The Hall–Kier alpha value is -6.01. The number of benzene rings is 6. The Balaban J connectivity index is 1.45. The van der Waals surface area contributed by atoms with Crippen LogP contribution in [0.25, 0.3) is 66.6 Å². The van der Waals surface area contributed by atoms with E-state index in [0.717, 1.165) is 66.3 Å². The van der Waals surface area contributed by atoms with Gasteiger partial charge >= 0.3 is 0 Å². The molecule has 1 atom stereocenters. The number of hydrogen-bond acceptors (Lipinski definition) is 4. The van der Waals surface area contributed by atoms with Crippen molar-refractivity contribution in [2.24, 2.45) is 0 Å². The van der Waals surface area contributed by atoms with Crippen LogP contribution in [0.5, 0.6) is 0 Å². The molecular weight excluding hydrogens is 528 g/mol. The Morgan fingerprint density at radius 2 is 1.28 bits per heavy atom. The molecule has 5 nitrogen and oxygen atoms in total. The molecule has 0 aliphatic carbocycles. The summed E-state index contributed by atoms with van der Waals surface area (Å²) in [6.45, 7) is 0. The van der Waals surface area contributed by atoms with E-state index in [2.05, 4.69) is 48.5 Å². The molecule has 1 N–H and O–H groups in total. The van der Waals surface area contributed by atoms with Crippen molar-refractivity contribution < 1.29 is 5.11 Å². The second-order valence-electron chi connectivity index (χ2n) is 10.7. The largest absolute Gasteiger partial charge is 0.369 e. The standard InChI is InChI=1S/C38H22N4O/c39-21-23-11-13-26(14-12-23)29-17-18-31-35-30(16-15-27(22-40)34(29)35)37-41-36-32(25-9-5-2-6-10-25)19-28(24-7-3-1-4-8-24)20-33(36)42(37)38(31)43/h1-20,38,43H. The van der Waals surface area contributed by atoms with Crippen molar-refractivity contribution in [1.29, 1.82) is 10.5 Å². The molecule has 1 aliphatic heterocycles. The lowest BCUT2D eigenvalue weighted by Gasteiger charge is -2.26. The minimum Gasteiger partial charge on any atom is -0.369 e. The Morgan fingerprint density at radius 3 is 1.98 bits per heavy atom. The van der Waals surface area contributed by atoms with Gasteiger partial charge in [-0.1, -0.05) is 84.9 Å². The number of hydrogen-bond donors (Lipinski definition) is 1. The Kier molecular flexibility index (Phi) is 5.49. The Morgan fingerprint density at radius 1 is 0.605 bits per heavy atom. The van der Waals surface area contributed by atoms with Crippen molar-refractivity contribution >= 4 is 21.8 Å². The van der Waals surface area contributed by atoms with Crippen molar-refractivity contribution in [1.82, 2.24) is 9.55 Å². The minimum atomic E-state index is -1.01. The van der Waals surface area contributed by atoms with Crippen LogP contribution in [-0.4, -0.2) is 14.7 Å². The molecule has 8 rings (SSSR count). The van der Waals surface area contributed by atoms with Crippen LogP contribution >= 0.6 is 0 Å². The molecule has 1 unspecified atom stereocenters. The zero-order chi connectivity index (χ0) is 29.1. The van der Waals surface area contributed by atoms with Gasteiger partial charge in [-0.05, 0) is 64.2 Å². The van der Waals surface area contributed by atoms with Crippen molar-refractivity contribution in [3.63, 3.8) is 0 Å². The maximum atomic E-state index is 12.0. The Labute approximate surface area is 247 Å². The smallest absolute Gasteiger partial charge is 0.159 e. The molecule has 0 spiro atoms. The summed E-state index contributed by atoms with van der Waals surface area (Å²) in [5.74, 6) is 0.656. The van der Waals surface area contributed by atoms with E-state index in [0.29, 0.717) is 17.0 Å². The predicted molar refractivity (Wildman–Crippen MR) is 169 cm³/mol. The molecule has 0 bridgehead atoms. The van der Waals surface area contributed by atoms with Gasteiger partial charge in [0.2, 0.25) is 0 Å². The molecule has 0 saturated heterocycles. The summed E-state index contributed by atoms with van der Waals surface area (Å²) in [5, 5.41) is 33.1. The quantitative estimate of drug-likeness (QED) is 0.239. The second-order valence-corrected chi connectivity index (χ2v) is 10.7. The molecule has 0 fully saturated rings. The van der Waals surface area contributed by atoms with Gasteiger partial charge < -0.3 is 5.11 Å². The van der Waals surface area contributed by atoms with Crippen LogP contribution in [0.2, 0.25) is 0 Å². The van der Waals surface area contributed by atoms with Gasteiger partial charge in [-0.2, -0.15) is 10.5 Å². The summed E-state index contributed by atoms with van der Waals surface area (Å²) in [5.41, 5.74) is 10.2. The van der Waals surface area contributed by atoms with Gasteiger partial charge in [0.15, 0.2) is 6.23 Å². The van der Waals surface area contributed by atoms with Crippen molar-refractivity contribution in [2.45, 2.75) is 6.23 Å². The normalized spacial score (nSPS) is 13.4. The molecule has 7 aromatic rings. The zero-order valence-corrected chi connectivity index (χ0v) is 22.9.